The number of urea groups is 2. The van der Waals surface area contributed by atoms with Gasteiger partial charge < -0.3 is 19.4 Å². The number of hydrogen-bond acceptors (Lipinski definition) is 13. The van der Waals surface area contributed by atoms with Crippen molar-refractivity contribution in [1.82, 2.24) is 20.2 Å². The summed E-state index contributed by atoms with van der Waals surface area (Å²) in [7, 11) is 0. The van der Waals surface area contributed by atoms with Gasteiger partial charge in [-0.05, 0) is 0 Å². The highest BCUT2D eigenvalue weighted by molar-refractivity contribution is 7.81. The third kappa shape index (κ3) is 11.5. The SMILES string of the molecule is CC(S)CC(=O)OCCN1C(=O)N(CCOC(=O)CC(C)S)N([O-])N(CCOC(=O)CC(C)S)C1=O. The van der Waals surface area contributed by atoms with Crippen LogP contribution in [0.4, 0.5) is 9.59 Å². The number of hydrogen-bond donors (Lipinski definition) is 3. The van der Waals surface area contributed by atoms with E-state index in [-0.39, 0.29) is 79.7 Å². The fraction of sp³-hybridized carbons (Fsp3) is 0.750. The first kappa shape index (κ1) is 32.1. The van der Waals surface area contributed by atoms with Crippen molar-refractivity contribution >= 4 is 67.9 Å². The third-order valence-corrected chi connectivity index (χ3v) is 4.96. The van der Waals surface area contributed by atoms with E-state index in [0.29, 0.717) is 14.9 Å². The van der Waals surface area contributed by atoms with E-state index in [9.17, 15) is 29.2 Å². The normalized spacial score (nSPS) is 17.0. The number of carbonyl (C=O) groups is 5. The molecule has 1 aliphatic heterocycles. The van der Waals surface area contributed by atoms with Crippen molar-refractivity contribution in [2.45, 2.75) is 55.8 Å². The summed E-state index contributed by atoms with van der Waals surface area (Å²) in [5.41, 5.74) is 0. The molecule has 0 aromatic carbocycles. The standard InChI is InChI=1S/C20H33N4O9S3/c1-13(34)10-16(25)31-7-4-21-19(28)22(5-8-32-17(26)11-14(2)35)24(30)23(20(21)29)6-9-33-18(27)12-15(3)36/h13-15,34-36H,4-12H2,1-3H3/q-1. The maximum absolute atomic E-state index is 12.9. The van der Waals surface area contributed by atoms with E-state index in [1.54, 1.807) is 20.8 Å². The molecule has 4 amide bonds. The molecule has 16 heteroatoms. The zero-order chi connectivity index (χ0) is 27.4. The Morgan fingerprint density at radius 3 is 1.31 bits per heavy atom. The Morgan fingerprint density at radius 2 is 1.00 bits per heavy atom. The molecule has 0 bridgehead atoms. The van der Waals surface area contributed by atoms with Gasteiger partial charge in [0.05, 0.1) is 38.9 Å². The number of imide groups is 1. The Balaban J connectivity index is 2.86. The second-order valence-electron chi connectivity index (χ2n) is 8.04. The molecule has 1 fully saturated rings. The lowest BCUT2D eigenvalue weighted by atomic mass is 10.3. The number of carbonyl (C=O) groups excluding carboxylic acids is 5. The van der Waals surface area contributed by atoms with Crippen LogP contribution in [-0.4, -0.2) is 105 Å². The van der Waals surface area contributed by atoms with Gasteiger partial charge in [-0.15, -0.1) is 0 Å². The smallest absolute Gasteiger partial charge is 0.343 e. The van der Waals surface area contributed by atoms with Gasteiger partial charge in [0.15, 0.2) is 0 Å². The second kappa shape index (κ2) is 16.1. The van der Waals surface area contributed by atoms with Crippen molar-refractivity contribution in [3.63, 3.8) is 0 Å². The molecule has 0 N–H and O–H groups in total. The van der Waals surface area contributed by atoms with Crippen LogP contribution >= 0.6 is 37.9 Å². The highest BCUT2D eigenvalue weighted by atomic mass is 32.1. The van der Waals surface area contributed by atoms with Crippen LogP contribution < -0.4 is 0 Å². The lowest BCUT2D eigenvalue weighted by Crippen LogP contribution is -2.68. The monoisotopic (exact) mass is 569 g/mol. The maximum Gasteiger partial charge on any atom is 0.343 e. The Kier molecular flexibility index (Phi) is 14.3. The van der Waals surface area contributed by atoms with E-state index in [2.05, 4.69) is 37.9 Å². The zero-order valence-electron chi connectivity index (χ0n) is 20.4. The van der Waals surface area contributed by atoms with Gasteiger partial charge in [0.2, 0.25) is 0 Å². The van der Waals surface area contributed by atoms with Crippen LogP contribution in [-0.2, 0) is 28.6 Å². The highest BCUT2D eigenvalue weighted by Crippen LogP contribution is 2.18. The third-order valence-electron chi connectivity index (χ3n) is 4.41. The molecular weight excluding hydrogens is 536 g/mol. The van der Waals surface area contributed by atoms with Gasteiger partial charge in [-0.2, -0.15) is 43.2 Å². The van der Waals surface area contributed by atoms with Gasteiger partial charge in [-0.25, -0.2) is 24.5 Å². The van der Waals surface area contributed by atoms with Crippen LogP contribution in [0.3, 0.4) is 0 Å². The van der Waals surface area contributed by atoms with Crippen molar-refractivity contribution in [1.29, 1.82) is 0 Å². The van der Waals surface area contributed by atoms with Gasteiger partial charge in [0.25, 0.3) is 0 Å². The van der Waals surface area contributed by atoms with Crippen LogP contribution in [0.1, 0.15) is 40.0 Å². The van der Waals surface area contributed by atoms with Crippen LogP contribution in [0.25, 0.3) is 0 Å². The fourth-order valence-corrected chi connectivity index (χ4v) is 3.28. The largest absolute Gasteiger partial charge is 0.748 e. The summed E-state index contributed by atoms with van der Waals surface area (Å²) >= 11 is 12.3. The molecule has 0 saturated carbocycles. The van der Waals surface area contributed by atoms with Gasteiger partial charge in [0.1, 0.15) is 19.8 Å². The summed E-state index contributed by atoms with van der Waals surface area (Å²) < 4.78 is 15.1. The minimum Gasteiger partial charge on any atom is -0.748 e. The average molecular weight is 570 g/mol. The first-order chi connectivity index (χ1) is 16.8. The Labute approximate surface area is 226 Å². The zero-order valence-corrected chi connectivity index (χ0v) is 23.1. The number of thiol groups is 3. The number of esters is 3. The fourth-order valence-electron chi connectivity index (χ4n) is 2.83. The van der Waals surface area contributed by atoms with Crippen LogP contribution in [0.2, 0.25) is 0 Å². The summed E-state index contributed by atoms with van der Waals surface area (Å²) in [4.78, 5) is 61.7. The molecule has 1 aliphatic rings. The molecule has 1 rings (SSSR count). The summed E-state index contributed by atoms with van der Waals surface area (Å²) in [6.45, 7) is 3.12. The molecule has 1 heterocycles. The second-order valence-corrected chi connectivity index (χ2v) is 10.7. The molecule has 0 radical (unpaired) electrons. The van der Waals surface area contributed by atoms with E-state index in [1.807, 2.05) is 0 Å². The van der Waals surface area contributed by atoms with Crippen molar-refractivity contribution < 1.29 is 38.2 Å². The van der Waals surface area contributed by atoms with E-state index in [4.69, 9.17) is 14.2 Å². The first-order valence-corrected chi connectivity index (χ1v) is 12.8. The highest BCUT2D eigenvalue weighted by Gasteiger charge is 2.39. The molecule has 206 valence electrons. The van der Waals surface area contributed by atoms with Crippen LogP contribution in [0.15, 0.2) is 0 Å². The van der Waals surface area contributed by atoms with E-state index < -0.39 is 30.0 Å². The first-order valence-electron chi connectivity index (χ1n) is 11.2. The van der Waals surface area contributed by atoms with Gasteiger partial charge in [-0.1, -0.05) is 20.8 Å². The molecule has 3 atom stereocenters. The number of amides is 4. The molecule has 13 nitrogen and oxygen atoms in total. The lowest BCUT2D eigenvalue weighted by molar-refractivity contribution is -0.155. The van der Waals surface area contributed by atoms with E-state index >= 15 is 0 Å². The van der Waals surface area contributed by atoms with Crippen molar-refractivity contribution in [2.75, 3.05) is 39.5 Å². The topological polar surface area (TPSA) is 149 Å². The molecular formula is C20H33N4O9S3-. The number of ether oxygens (including phenoxy) is 3. The van der Waals surface area contributed by atoms with Gasteiger partial charge in [0, 0.05) is 15.7 Å². The van der Waals surface area contributed by atoms with Crippen molar-refractivity contribution in [3.8, 4) is 0 Å². The molecule has 0 aromatic rings. The maximum atomic E-state index is 12.9. The van der Waals surface area contributed by atoms with E-state index in [1.165, 1.54) is 0 Å². The predicted molar refractivity (Wildman–Crippen MR) is 138 cm³/mol. The number of nitrogens with zero attached hydrogens (tertiary/aromatic N) is 4. The number of hydrazine groups is 2. The molecule has 36 heavy (non-hydrogen) atoms. The summed E-state index contributed by atoms with van der Waals surface area (Å²) in [6, 6.07) is -1.99. The Bertz CT molecular complexity index is 738. The van der Waals surface area contributed by atoms with Crippen LogP contribution in [0.5, 0.6) is 0 Å². The molecule has 0 aromatic heterocycles. The van der Waals surface area contributed by atoms with Gasteiger partial charge >= 0.3 is 30.0 Å². The Hall–Kier alpha value is -1.88. The summed E-state index contributed by atoms with van der Waals surface area (Å²) in [5.74, 6) is -1.70. The minimum atomic E-state index is -0.996. The molecule has 1 saturated heterocycles. The molecule has 3 unspecified atom stereocenters. The minimum absolute atomic E-state index is 0.0277. The summed E-state index contributed by atoms with van der Waals surface area (Å²) in [5, 5.41) is 13.4. The predicted octanol–water partition coefficient (Wildman–Crippen LogP) is 1.53. The van der Waals surface area contributed by atoms with Crippen LogP contribution in [0, 0.1) is 5.21 Å². The molecule has 0 spiro atoms. The van der Waals surface area contributed by atoms with E-state index in [0.717, 1.165) is 0 Å². The van der Waals surface area contributed by atoms with Crippen molar-refractivity contribution in [3.05, 3.63) is 5.21 Å². The average Bonchev–Trinajstić information content (AvgIpc) is 2.73. The molecule has 0 aliphatic carbocycles. The number of rotatable bonds is 15. The summed E-state index contributed by atoms with van der Waals surface area (Å²) in [6.07, 6.45) is 0.0902. The quantitative estimate of drug-likeness (QED) is 0.151. The lowest BCUT2D eigenvalue weighted by Gasteiger charge is -2.52. The van der Waals surface area contributed by atoms with Crippen molar-refractivity contribution in [2.24, 2.45) is 0 Å². The van der Waals surface area contributed by atoms with Gasteiger partial charge in [-0.3, -0.25) is 14.4 Å². The Morgan fingerprint density at radius 1 is 0.694 bits per heavy atom.